The predicted octanol–water partition coefficient (Wildman–Crippen LogP) is 1.10. The summed E-state index contributed by atoms with van der Waals surface area (Å²) in [7, 11) is 0. The monoisotopic (exact) mass is 244 g/mol. The fraction of sp³-hybridized carbons (Fsp3) is 0.385. The number of benzene rings is 1. The lowest BCUT2D eigenvalue weighted by atomic mass is 10.1. The van der Waals surface area contributed by atoms with Crippen LogP contribution in [0.3, 0.4) is 0 Å². The zero-order chi connectivity index (χ0) is 12.5. The molecule has 1 aromatic heterocycles. The fourth-order valence-electron chi connectivity index (χ4n) is 2.44. The molecule has 0 amide bonds. The quantitative estimate of drug-likeness (QED) is 0.859. The number of hydrogen-bond donors (Lipinski definition) is 1. The number of nitrogens with zero attached hydrogens (tertiary/aromatic N) is 4. The molecular formula is C13H16N4O. The van der Waals surface area contributed by atoms with Crippen LogP contribution in [-0.2, 0) is 19.7 Å². The van der Waals surface area contributed by atoms with Gasteiger partial charge in [-0.1, -0.05) is 12.1 Å². The Bertz CT molecular complexity index is 564. The first-order chi connectivity index (χ1) is 8.78. The van der Waals surface area contributed by atoms with Crippen molar-refractivity contribution in [2.24, 2.45) is 0 Å². The molecule has 0 saturated carbocycles. The van der Waals surface area contributed by atoms with Gasteiger partial charge in [-0.15, -0.1) is 10.2 Å². The van der Waals surface area contributed by atoms with E-state index in [1.807, 2.05) is 12.1 Å². The van der Waals surface area contributed by atoms with Gasteiger partial charge < -0.3 is 14.6 Å². The first-order valence-electron chi connectivity index (χ1n) is 6.10. The minimum atomic E-state index is 0.0927. The van der Waals surface area contributed by atoms with Crippen molar-refractivity contribution < 1.29 is 5.11 Å². The number of aryl methyl sites for hydroxylation is 1. The van der Waals surface area contributed by atoms with Gasteiger partial charge in [-0.05, 0) is 24.1 Å². The Kier molecular flexibility index (Phi) is 2.76. The van der Waals surface area contributed by atoms with Crippen molar-refractivity contribution >= 4 is 5.69 Å². The summed E-state index contributed by atoms with van der Waals surface area (Å²) < 4.78 is 2.09. The molecule has 0 radical (unpaired) electrons. The van der Waals surface area contributed by atoms with Gasteiger partial charge in [0.2, 0.25) is 0 Å². The van der Waals surface area contributed by atoms with Crippen molar-refractivity contribution in [2.45, 2.75) is 26.6 Å². The van der Waals surface area contributed by atoms with Crippen LogP contribution in [0.25, 0.3) is 0 Å². The lowest BCUT2D eigenvalue weighted by Gasteiger charge is -2.30. The number of anilines is 1. The van der Waals surface area contributed by atoms with Gasteiger partial charge in [-0.2, -0.15) is 0 Å². The van der Waals surface area contributed by atoms with Crippen LogP contribution in [0.15, 0.2) is 24.5 Å². The van der Waals surface area contributed by atoms with Gasteiger partial charge in [-0.25, -0.2) is 0 Å². The van der Waals surface area contributed by atoms with Crippen LogP contribution in [0, 0.1) is 6.92 Å². The molecule has 0 fully saturated rings. The Morgan fingerprint density at radius 1 is 1.33 bits per heavy atom. The molecular weight excluding hydrogens is 228 g/mol. The van der Waals surface area contributed by atoms with Crippen molar-refractivity contribution in [3.8, 4) is 0 Å². The van der Waals surface area contributed by atoms with E-state index in [-0.39, 0.29) is 6.61 Å². The molecule has 5 heteroatoms. The van der Waals surface area contributed by atoms with Crippen molar-refractivity contribution in [3.63, 3.8) is 0 Å². The lowest BCUT2D eigenvalue weighted by molar-refractivity contribution is 0.282. The number of aliphatic hydroxyl groups excluding tert-OH is 1. The molecule has 1 aromatic carbocycles. The van der Waals surface area contributed by atoms with Gasteiger partial charge in [0.1, 0.15) is 6.33 Å². The molecule has 1 aliphatic rings. The third-order valence-corrected chi connectivity index (χ3v) is 3.42. The lowest BCUT2D eigenvalue weighted by Crippen LogP contribution is -2.34. The Balaban J connectivity index is 1.88. The summed E-state index contributed by atoms with van der Waals surface area (Å²) in [6.07, 6.45) is 1.79. The van der Waals surface area contributed by atoms with Crippen molar-refractivity contribution in [1.82, 2.24) is 14.8 Å². The van der Waals surface area contributed by atoms with Gasteiger partial charge in [0.05, 0.1) is 13.2 Å². The Labute approximate surface area is 106 Å². The van der Waals surface area contributed by atoms with Crippen LogP contribution < -0.4 is 4.90 Å². The van der Waals surface area contributed by atoms with E-state index in [4.69, 9.17) is 5.11 Å². The zero-order valence-corrected chi connectivity index (χ0v) is 10.4. The van der Waals surface area contributed by atoms with Crippen LogP contribution >= 0.6 is 0 Å². The highest BCUT2D eigenvalue weighted by molar-refractivity contribution is 5.54. The molecule has 0 spiro atoms. The molecule has 0 unspecified atom stereocenters. The van der Waals surface area contributed by atoms with E-state index in [1.54, 1.807) is 6.33 Å². The second-order valence-corrected chi connectivity index (χ2v) is 4.64. The van der Waals surface area contributed by atoms with E-state index in [2.05, 4.69) is 32.7 Å². The van der Waals surface area contributed by atoms with Crippen LogP contribution in [0.1, 0.15) is 17.0 Å². The largest absolute Gasteiger partial charge is 0.392 e. The highest BCUT2D eigenvalue weighted by Gasteiger charge is 2.18. The number of fused-ring (bicyclic) bond motifs is 1. The summed E-state index contributed by atoms with van der Waals surface area (Å²) in [4.78, 5) is 2.31. The van der Waals surface area contributed by atoms with Gasteiger partial charge >= 0.3 is 0 Å². The normalized spacial score (nSPS) is 14.7. The minimum Gasteiger partial charge on any atom is -0.392 e. The standard InChI is InChI=1S/C13H16N4O/c1-10-6-11(8-18)2-3-12(10)16-4-5-17-9-14-15-13(17)7-16/h2-3,6,9,18H,4-5,7-8H2,1H3. The summed E-state index contributed by atoms with van der Waals surface area (Å²) in [5.41, 5.74) is 3.35. The molecule has 5 nitrogen and oxygen atoms in total. The summed E-state index contributed by atoms with van der Waals surface area (Å²) in [6, 6.07) is 6.09. The maximum absolute atomic E-state index is 9.13. The van der Waals surface area contributed by atoms with Crippen LogP contribution in [0.5, 0.6) is 0 Å². The van der Waals surface area contributed by atoms with E-state index in [1.165, 1.54) is 11.3 Å². The molecule has 18 heavy (non-hydrogen) atoms. The van der Waals surface area contributed by atoms with Crippen molar-refractivity contribution in [3.05, 3.63) is 41.5 Å². The predicted molar refractivity (Wildman–Crippen MR) is 68.2 cm³/mol. The van der Waals surface area contributed by atoms with Crippen LogP contribution in [-0.4, -0.2) is 26.4 Å². The third kappa shape index (κ3) is 1.86. The molecule has 94 valence electrons. The average Bonchev–Trinajstić information content (AvgIpc) is 2.85. The van der Waals surface area contributed by atoms with Crippen LogP contribution in [0.2, 0.25) is 0 Å². The van der Waals surface area contributed by atoms with E-state index < -0.39 is 0 Å². The number of rotatable bonds is 2. The van der Waals surface area contributed by atoms with Crippen LogP contribution in [0.4, 0.5) is 5.69 Å². The second-order valence-electron chi connectivity index (χ2n) is 4.64. The Morgan fingerprint density at radius 3 is 3.00 bits per heavy atom. The Morgan fingerprint density at radius 2 is 2.22 bits per heavy atom. The Hall–Kier alpha value is -1.88. The van der Waals surface area contributed by atoms with E-state index >= 15 is 0 Å². The average molecular weight is 244 g/mol. The topological polar surface area (TPSA) is 54.2 Å². The molecule has 2 heterocycles. The summed E-state index contributed by atoms with van der Waals surface area (Å²) in [5.74, 6) is 1.01. The van der Waals surface area contributed by atoms with Gasteiger partial charge in [-0.3, -0.25) is 0 Å². The number of aromatic nitrogens is 3. The highest BCUT2D eigenvalue weighted by atomic mass is 16.3. The molecule has 0 bridgehead atoms. The maximum Gasteiger partial charge on any atom is 0.152 e. The molecule has 1 aliphatic heterocycles. The minimum absolute atomic E-state index is 0.0927. The van der Waals surface area contributed by atoms with Gasteiger partial charge in [0.25, 0.3) is 0 Å². The first kappa shape index (κ1) is 11.2. The van der Waals surface area contributed by atoms with E-state index in [0.717, 1.165) is 31.0 Å². The summed E-state index contributed by atoms with van der Waals surface area (Å²) >= 11 is 0. The molecule has 3 rings (SSSR count). The molecule has 1 N–H and O–H groups in total. The zero-order valence-electron chi connectivity index (χ0n) is 10.4. The summed E-state index contributed by atoms with van der Waals surface area (Å²) in [6.45, 7) is 4.84. The molecule has 0 atom stereocenters. The van der Waals surface area contributed by atoms with Gasteiger partial charge in [0.15, 0.2) is 5.82 Å². The van der Waals surface area contributed by atoms with E-state index in [0.29, 0.717) is 0 Å². The van der Waals surface area contributed by atoms with Gasteiger partial charge in [0, 0.05) is 18.8 Å². The second kappa shape index (κ2) is 4.42. The van der Waals surface area contributed by atoms with Crippen molar-refractivity contribution in [1.29, 1.82) is 0 Å². The summed E-state index contributed by atoms with van der Waals surface area (Å²) in [5, 5.41) is 17.2. The first-order valence-corrected chi connectivity index (χ1v) is 6.10. The highest BCUT2D eigenvalue weighted by Crippen LogP contribution is 2.24. The molecule has 0 aliphatic carbocycles. The van der Waals surface area contributed by atoms with Crippen molar-refractivity contribution in [2.75, 3.05) is 11.4 Å². The molecule has 0 saturated heterocycles. The third-order valence-electron chi connectivity index (χ3n) is 3.42. The smallest absolute Gasteiger partial charge is 0.152 e. The fourth-order valence-corrected chi connectivity index (χ4v) is 2.44. The SMILES string of the molecule is Cc1cc(CO)ccc1N1CCn2cnnc2C1. The van der Waals surface area contributed by atoms with E-state index in [9.17, 15) is 0 Å². The number of hydrogen-bond acceptors (Lipinski definition) is 4. The number of aliphatic hydroxyl groups is 1. The maximum atomic E-state index is 9.13. The molecule has 2 aromatic rings.